The normalized spacial score (nSPS) is 44.6. The van der Waals surface area contributed by atoms with Crippen LogP contribution in [0.25, 0.3) is 0 Å². The molecule has 0 aromatic heterocycles. The van der Waals surface area contributed by atoms with Gasteiger partial charge in [-0.05, 0) is 76.4 Å². The van der Waals surface area contributed by atoms with Crippen LogP contribution in [0.15, 0.2) is 23.3 Å². The summed E-state index contributed by atoms with van der Waals surface area (Å²) >= 11 is 14.7. The number of allylic oxidation sites excluding steroid dienone is 4. The van der Waals surface area contributed by atoms with Gasteiger partial charge in [-0.1, -0.05) is 25.5 Å². The molecule has 0 aromatic carbocycles. The molecule has 4 nitrogen and oxygen atoms in total. The minimum Gasteiger partial charge on any atom is -0.462 e. The Bertz CT molecular complexity index is 871. The van der Waals surface area contributed by atoms with Gasteiger partial charge in [0.15, 0.2) is 5.78 Å². The van der Waals surface area contributed by atoms with E-state index in [-0.39, 0.29) is 41.0 Å². The Hall–Kier alpha value is -0.840. The van der Waals surface area contributed by atoms with E-state index in [2.05, 4.69) is 19.9 Å². The molecule has 172 valence electrons. The third kappa shape index (κ3) is 3.43. The lowest BCUT2D eigenvalue weighted by Gasteiger charge is -2.63. The first-order valence-corrected chi connectivity index (χ1v) is 12.2. The molecule has 4 aliphatic carbocycles. The standard InChI is InChI=1S/C25H34Cl2O4/c1-14-11-24(5)15(10-18(14)28)6-7-17-16-8-9-20(31-21(29)13-22(2,3)30)23(16,4)12-19(26)25(17,24)27/h10-11,16-17,19-20,30H,6-9,12-13H2,1-5H3/t16-,17-,19-,20+,23-,24-,25-/m0/s1. The number of rotatable bonds is 3. The molecule has 0 saturated heterocycles. The molecule has 0 aliphatic heterocycles. The number of ether oxygens (including phenoxy) is 1. The summed E-state index contributed by atoms with van der Waals surface area (Å²) in [6.45, 7) is 9.42. The second kappa shape index (κ2) is 7.33. The van der Waals surface area contributed by atoms with Crippen molar-refractivity contribution < 1.29 is 19.4 Å². The van der Waals surface area contributed by atoms with Crippen molar-refractivity contribution in [2.24, 2.45) is 22.7 Å². The second-order valence-electron chi connectivity index (χ2n) is 11.3. The van der Waals surface area contributed by atoms with Gasteiger partial charge < -0.3 is 9.84 Å². The monoisotopic (exact) mass is 468 g/mol. The summed E-state index contributed by atoms with van der Waals surface area (Å²) in [5.41, 5.74) is 0.0279. The third-order valence-corrected chi connectivity index (χ3v) is 10.2. The zero-order valence-corrected chi connectivity index (χ0v) is 20.6. The lowest BCUT2D eigenvalue weighted by Crippen LogP contribution is -2.65. The van der Waals surface area contributed by atoms with Crippen LogP contribution in [-0.2, 0) is 14.3 Å². The predicted molar refractivity (Wildman–Crippen MR) is 122 cm³/mol. The average molecular weight is 469 g/mol. The van der Waals surface area contributed by atoms with Gasteiger partial charge >= 0.3 is 5.97 Å². The number of carbonyl (C=O) groups is 2. The summed E-state index contributed by atoms with van der Waals surface area (Å²) in [5.74, 6) is 0.174. The van der Waals surface area contributed by atoms with Gasteiger partial charge in [-0.3, -0.25) is 9.59 Å². The van der Waals surface area contributed by atoms with Crippen molar-refractivity contribution in [2.75, 3.05) is 0 Å². The fourth-order valence-corrected chi connectivity index (χ4v) is 8.35. The van der Waals surface area contributed by atoms with E-state index >= 15 is 0 Å². The largest absolute Gasteiger partial charge is 0.462 e. The zero-order chi connectivity index (χ0) is 23.0. The Balaban J connectivity index is 1.65. The van der Waals surface area contributed by atoms with Crippen molar-refractivity contribution in [2.45, 2.75) is 95.1 Å². The fraction of sp³-hybridized carbons (Fsp3) is 0.760. The maximum atomic E-state index is 12.5. The molecule has 0 heterocycles. The van der Waals surface area contributed by atoms with Gasteiger partial charge in [-0.15, -0.1) is 23.2 Å². The van der Waals surface area contributed by atoms with Crippen molar-refractivity contribution >= 4 is 35.0 Å². The van der Waals surface area contributed by atoms with Gasteiger partial charge in [0.05, 0.1) is 22.3 Å². The topological polar surface area (TPSA) is 63.6 Å². The van der Waals surface area contributed by atoms with Crippen LogP contribution in [-0.4, -0.2) is 38.8 Å². The molecule has 6 heteroatoms. The Morgan fingerprint density at radius 3 is 2.58 bits per heavy atom. The fourth-order valence-electron chi connectivity index (χ4n) is 7.12. The highest BCUT2D eigenvalue weighted by molar-refractivity contribution is 6.34. The summed E-state index contributed by atoms with van der Waals surface area (Å²) < 4.78 is 5.92. The van der Waals surface area contributed by atoms with E-state index in [9.17, 15) is 14.7 Å². The Morgan fingerprint density at radius 2 is 1.94 bits per heavy atom. The number of esters is 1. The molecule has 7 atom stereocenters. The number of halogens is 2. The van der Waals surface area contributed by atoms with Crippen LogP contribution < -0.4 is 0 Å². The molecule has 4 aliphatic rings. The number of hydrogen-bond acceptors (Lipinski definition) is 4. The smallest absolute Gasteiger partial charge is 0.308 e. The van der Waals surface area contributed by atoms with Crippen molar-refractivity contribution in [1.82, 2.24) is 0 Å². The third-order valence-electron chi connectivity index (χ3n) is 8.66. The molecule has 31 heavy (non-hydrogen) atoms. The minimum absolute atomic E-state index is 0.0260. The number of hydrogen-bond donors (Lipinski definition) is 1. The van der Waals surface area contributed by atoms with Crippen LogP contribution in [0.1, 0.15) is 73.1 Å². The van der Waals surface area contributed by atoms with E-state index in [4.69, 9.17) is 27.9 Å². The quantitative estimate of drug-likeness (QED) is 0.448. The van der Waals surface area contributed by atoms with Gasteiger partial charge in [-0.25, -0.2) is 0 Å². The molecule has 3 fully saturated rings. The van der Waals surface area contributed by atoms with Crippen molar-refractivity contribution in [3.63, 3.8) is 0 Å². The Morgan fingerprint density at radius 1 is 1.26 bits per heavy atom. The number of ketones is 1. The lowest BCUT2D eigenvalue weighted by atomic mass is 9.47. The molecule has 0 unspecified atom stereocenters. The summed E-state index contributed by atoms with van der Waals surface area (Å²) in [6.07, 6.45) is 7.70. The van der Waals surface area contributed by atoms with Gasteiger partial charge in [-0.2, -0.15) is 0 Å². The summed E-state index contributed by atoms with van der Waals surface area (Å²) in [6, 6.07) is 0. The van der Waals surface area contributed by atoms with Crippen molar-refractivity contribution in [1.29, 1.82) is 0 Å². The molecule has 0 aromatic rings. The first-order chi connectivity index (χ1) is 14.2. The van der Waals surface area contributed by atoms with Crippen LogP contribution in [0, 0.1) is 22.7 Å². The minimum atomic E-state index is -1.09. The van der Waals surface area contributed by atoms with E-state index in [0.717, 1.165) is 36.8 Å². The van der Waals surface area contributed by atoms with E-state index in [1.54, 1.807) is 19.9 Å². The molecule has 1 N–H and O–H groups in total. The molecule has 3 saturated carbocycles. The van der Waals surface area contributed by atoms with Gasteiger partial charge in [0.2, 0.25) is 0 Å². The summed E-state index contributed by atoms with van der Waals surface area (Å²) in [4.78, 5) is 24.1. The molecule has 0 spiro atoms. The van der Waals surface area contributed by atoms with Gasteiger partial charge in [0.1, 0.15) is 6.10 Å². The highest BCUT2D eigenvalue weighted by Crippen LogP contribution is 2.70. The highest BCUT2D eigenvalue weighted by Gasteiger charge is 2.69. The number of aliphatic hydroxyl groups is 1. The zero-order valence-electron chi connectivity index (χ0n) is 19.1. The van der Waals surface area contributed by atoms with Crippen molar-refractivity contribution in [3.8, 4) is 0 Å². The van der Waals surface area contributed by atoms with Crippen LogP contribution >= 0.6 is 23.2 Å². The average Bonchev–Trinajstić information content (AvgIpc) is 2.92. The van der Waals surface area contributed by atoms with Crippen LogP contribution in [0.3, 0.4) is 0 Å². The van der Waals surface area contributed by atoms with E-state index in [1.807, 2.05) is 6.92 Å². The van der Waals surface area contributed by atoms with Crippen LogP contribution in [0.2, 0.25) is 0 Å². The summed E-state index contributed by atoms with van der Waals surface area (Å²) in [7, 11) is 0. The van der Waals surface area contributed by atoms with Crippen molar-refractivity contribution in [3.05, 3.63) is 23.3 Å². The lowest BCUT2D eigenvalue weighted by molar-refractivity contribution is -0.162. The number of carbonyl (C=O) groups excluding carboxylic acids is 2. The molecule has 0 amide bonds. The second-order valence-corrected chi connectivity index (χ2v) is 12.5. The Labute approximate surface area is 195 Å². The first-order valence-electron chi connectivity index (χ1n) is 11.4. The summed E-state index contributed by atoms with van der Waals surface area (Å²) in [5, 5.41) is 9.67. The van der Waals surface area contributed by atoms with E-state index in [1.165, 1.54) is 0 Å². The van der Waals surface area contributed by atoms with E-state index < -0.39 is 15.9 Å². The van der Waals surface area contributed by atoms with Gasteiger partial charge in [0.25, 0.3) is 0 Å². The molecular formula is C25H34Cl2O4. The SMILES string of the molecule is CC1=C[C@@]2(C)C(=CC1=O)CC[C@H]1[C@@H]3CC[C@@H](OC(=O)CC(C)(C)O)[C@@]3(C)C[C@H](Cl)[C@@]12Cl. The maximum Gasteiger partial charge on any atom is 0.308 e. The molecule has 4 rings (SSSR count). The predicted octanol–water partition coefficient (Wildman–Crippen LogP) is 5.34. The van der Waals surface area contributed by atoms with Gasteiger partial charge in [0, 0.05) is 10.8 Å². The molecular weight excluding hydrogens is 435 g/mol. The molecule has 0 radical (unpaired) electrons. The molecule has 0 bridgehead atoms. The number of alkyl halides is 2. The highest BCUT2D eigenvalue weighted by atomic mass is 35.5. The maximum absolute atomic E-state index is 12.5. The Kier molecular flexibility index (Phi) is 5.52. The van der Waals surface area contributed by atoms with Crippen LogP contribution in [0.4, 0.5) is 0 Å². The van der Waals surface area contributed by atoms with E-state index in [0.29, 0.717) is 12.3 Å². The van der Waals surface area contributed by atoms with Crippen LogP contribution in [0.5, 0.6) is 0 Å². The number of fused-ring (bicyclic) bond motifs is 5. The first kappa shape index (κ1) is 23.3.